The Morgan fingerprint density at radius 2 is 1.80 bits per heavy atom. The molecule has 0 amide bonds. The number of nitrogens with zero attached hydrogens (tertiary/aromatic N) is 3. The van der Waals surface area contributed by atoms with E-state index in [0.29, 0.717) is 0 Å². The highest BCUT2D eigenvalue weighted by molar-refractivity contribution is 5.69. The molecule has 1 heterocycles. The van der Waals surface area contributed by atoms with E-state index in [1.165, 1.54) is 0 Å². The van der Waals surface area contributed by atoms with Gasteiger partial charge in [0.1, 0.15) is 6.20 Å². The van der Waals surface area contributed by atoms with Crippen LogP contribution in [-0.4, -0.2) is 14.9 Å². The molecule has 0 saturated heterocycles. The SMILES string of the molecule is Nc1ncc([N+](=O)[O-])c(-c2ccc(C(F)(F)F)cc2)n1. The summed E-state index contributed by atoms with van der Waals surface area (Å²) in [7, 11) is 0. The lowest BCUT2D eigenvalue weighted by Crippen LogP contribution is -2.05. The summed E-state index contributed by atoms with van der Waals surface area (Å²) >= 11 is 0. The highest BCUT2D eigenvalue weighted by Gasteiger charge is 2.30. The van der Waals surface area contributed by atoms with E-state index >= 15 is 0 Å². The monoisotopic (exact) mass is 284 g/mol. The molecule has 0 radical (unpaired) electrons. The van der Waals surface area contributed by atoms with Crippen LogP contribution in [-0.2, 0) is 6.18 Å². The normalized spacial score (nSPS) is 11.3. The first-order valence-corrected chi connectivity index (χ1v) is 5.23. The molecule has 0 aliphatic heterocycles. The minimum Gasteiger partial charge on any atom is -0.368 e. The maximum absolute atomic E-state index is 12.4. The van der Waals surface area contributed by atoms with Gasteiger partial charge in [-0.1, -0.05) is 12.1 Å². The zero-order chi connectivity index (χ0) is 14.9. The van der Waals surface area contributed by atoms with Crippen molar-refractivity contribution < 1.29 is 18.1 Å². The van der Waals surface area contributed by atoms with Crippen molar-refractivity contribution in [2.45, 2.75) is 6.18 Å². The average Bonchev–Trinajstić information content (AvgIpc) is 2.37. The second-order valence-electron chi connectivity index (χ2n) is 3.79. The van der Waals surface area contributed by atoms with Gasteiger partial charge in [-0.3, -0.25) is 10.1 Å². The van der Waals surface area contributed by atoms with Gasteiger partial charge in [-0.25, -0.2) is 9.97 Å². The standard InChI is InChI=1S/C11H7F3N4O2/c12-11(13,14)7-3-1-6(2-4-7)9-8(18(19)20)5-16-10(15)17-9/h1-5H,(H2,15,16,17). The number of anilines is 1. The Kier molecular flexibility index (Phi) is 3.26. The summed E-state index contributed by atoms with van der Waals surface area (Å²) in [4.78, 5) is 17.3. The topological polar surface area (TPSA) is 94.9 Å². The van der Waals surface area contributed by atoms with E-state index in [1.807, 2.05) is 0 Å². The fourth-order valence-corrected chi connectivity index (χ4v) is 1.55. The number of nitrogens with two attached hydrogens (primary N) is 1. The number of hydrogen-bond donors (Lipinski definition) is 1. The molecule has 0 unspecified atom stereocenters. The van der Waals surface area contributed by atoms with Crippen molar-refractivity contribution in [2.24, 2.45) is 0 Å². The summed E-state index contributed by atoms with van der Waals surface area (Å²) < 4.78 is 37.3. The summed E-state index contributed by atoms with van der Waals surface area (Å²) in [5.74, 6) is -0.203. The van der Waals surface area contributed by atoms with Gasteiger partial charge in [0.05, 0.1) is 10.5 Å². The molecule has 6 nitrogen and oxygen atoms in total. The van der Waals surface area contributed by atoms with Crippen LogP contribution < -0.4 is 5.73 Å². The Labute approximate surface area is 110 Å². The van der Waals surface area contributed by atoms with E-state index in [1.54, 1.807) is 0 Å². The fourth-order valence-electron chi connectivity index (χ4n) is 1.55. The van der Waals surface area contributed by atoms with Crippen LogP contribution in [0.3, 0.4) is 0 Å². The zero-order valence-corrected chi connectivity index (χ0v) is 9.76. The maximum Gasteiger partial charge on any atom is 0.416 e. The van der Waals surface area contributed by atoms with Crippen LogP contribution in [0.2, 0.25) is 0 Å². The lowest BCUT2D eigenvalue weighted by molar-refractivity contribution is -0.384. The van der Waals surface area contributed by atoms with Crippen molar-refractivity contribution in [3.05, 3.63) is 46.1 Å². The summed E-state index contributed by atoms with van der Waals surface area (Å²) in [5.41, 5.74) is 4.08. The summed E-state index contributed by atoms with van der Waals surface area (Å²) in [6, 6.07) is 3.82. The molecule has 2 rings (SSSR count). The molecule has 1 aromatic heterocycles. The largest absolute Gasteiger partial charge is 0.416 e. The highest BCUT2D eigenvalue weighted by atomic mass is 19.4. The molecule has 0 saturated carbocycles. The first kappa shape index (κ1) is 13.7. The Hall–Kier alpha value is -2.71. The predicted octanol–water partition coefficient (Wildman–Crippen LogP) is 2.65. The number of alkyl halides is 3. The number of rotatable bonds is 2. The first-order chi connectivity index (χ1) is 9.29. The maximum atomic E-state index is 12.4. The molecule has 9 heteroatoms. The van der Waals surface area contributed by atoms with Crippen molar-refractivity contribution in [2.75, 3.05) is 5.73 Å². The Balaban J connectivity index is 2.52. The second kappa shape index (κ2) is 4.76. The van der Waals surface area contributed by atoms with Crippen molar-refractivity contribution in [1.29, 1.82) is 0 Å². The van der Waals surface area contributed by atoms with Gasteiger partial charge in [-0.2, -0.15) is 13.2 Å². The molecular weight excluding hydrogens is 277 g/mol. The van der Waals surface area contributed by atoms with E-state index in [-0.39, 0.29) is 17.2 Å². The molecule has 2 aromatic rings. The van der Waals surface area contributed by atoms with E-state index < -0.39 is 22.4 Å². The third-order valence-electron chi connectivity index (χ3n) is 2.47. The summed E-state index contributed by atoms with van der Waals surface area (Å²) in [6.45, 7) is 0. The van der Waals surface area contributed by atoms with E-state index in [9.17, 15) is 23.3 Å². The van der Waals surface area contributed by atoms with Gasteiger partial charge in [0.25, 0.3) is 0 Å². The van der Waals surface area contributed by atoms with Gasteiger partial charge in [-0.05, 0) is 12.1 Å². The third-order valence-corrected chi connectivity index (χ3v) is 2.47. The van der Waals surface area contributed by atoms with Crippen LogP contribution in [0.15, 0.2) is 30.5 Å². The molecule has 0 spiro atoms. The number of hydrogen-bond acceptors (Lipinski definition) is 5. The van der Waals surface area contributed by atoms with Crippen LogP contribution in [0.5, 0.6) is 0 Å². The first-order valence-electron chi connectivity index (χ1n) is 5.23. The Bertz CT molecular complexity index is 656. The number of aromatic nitrogens is 2. The van der Waals surface area contributed by atoms with Crippen LogP contribution in [0, 0.1) is 10.1 Å². The van der Waals surface area contributed by atoms with Crippen LogP contribution >= 0.6 is 0 Å². The Morgan fingerprint density at radius 1 is 1.20 bits per heavy atom. The van der Waals surface area contributed by atoms with Gasteiger partial charge in [0, 0.05) is 5.56 Å². The average molecular weight is 284 g/mol. The molecule has 20 heavy (non-hydrogen) atoms. The molecule has 0 fully saturated rings. The van der Waals surface area contributed by atoms with Crippen molar-refractivity contribution >= 4 is 11.6 Å². The number of benzene rings is 1. The molecule has 0 atom stereocenters. The van der Waals surface area contributed by atoms with E-state index in [0.717, 1.165) is 30.5 Å². The third kappa shape index (κ3) is 2.66. The number of halogens is 3. The minimum atomic E-state index is -4.48. The zero-order valence-electron chi connectivity index (χ0n) is 9.76. The van der Waals surface area contributed by atoms with Gasteiger partial charge in [0.2, 0.25) is 5.95 Å². The smallest absolute Gasteiger partial charge is 0.368 e. The summed E-state index contributed by atoms with van der Waals surface area (Å²) in [6.07, 6.45) is -3.56. The molecule has 0 aliphatic carbocycles. The number of nitrogen functional groups attached to an aromatic ring is 1. The van der Waals surface area contributed by atoms with Crippen molar-refractivity contribution in [1.82, 2.24) is 9.97 Å². The molecule has 0 bridgehead atoms. The van der Waals surface area contributed by atoms with Gasteiger partial charge in [0.15, 0.2) is 5.69 Å². The van der Waals surface area contributed by atoms with Gasteiger partial charge < -0.3 is 5.73 Å². The predicted molar refractivity (Wildman–Crippen MR) is 63.5 cm³/mol. The number of nitro groups is 1. The molecular formula is C11H7F3N4O2. The minimum absolute atomic E-state index is 0.128. The van der Waals surface area contributed by atoms with Crippen LogP contribution in [0.4, 0.5) is 24.8 Å². The quantitative estimate of drug-likeness (QED) is 0.675. The molecule has 1 aromatic carbocycles. The highest BCUT2D eigenvalue weighted by Crippen LogP contribution is 2.32. The lowest BCUT2D eigenvalue weighted by atomic mass is 10.1. The van der Waals surface area contributed by atoms with Crippen LogP contribution in [0.25, 0.3) is 11.3 Å². The van der Waals surface area contributed by atoms with Crippen molar-refractivity contribution in [3.8, 4) is 11.3 Å². The second-order valence-corrected chi connectivity index (χ2v) is 3.79. The van der Waals surface area contributed by atoms with E-state index in [2.05, 4.69) is 9.97 Å². The Morgan fingerprint density at radius 3 is 2.30 bits per heavy atom. The molecule has 2 N–H and O–H groups in total. The fraction of sp³-hybridized carbons (Fsp3) is 0.0909. The van der Waals surface area contributed by atoms with Gasteiger partial charge in [-0.15, -0.1) is 0 Å². The molecule has 0 aliphatic rings. The summed E-state index contributed by atoms with van der Waals surface area (Å²) in [5, 5.41) is 10.8. The molecule has 104 valence electrons. The van der Waals surface area contributed by atoms with Gasteiger partial charge >= 0.3 is 11.9 Å². The van der Waals surface area contributed by atoms with Crippen LogP contribution in [0.1, 0.15) is 5.56 Å². The van der Waals surface area contributed by atoms with Crippen molar-refractivity contribution in [3.63, 3.8) is 0 Å². The lowest BCUT2D eigenvalue weighted by Gasteiger charge is -2.07. The van der Waals surface area contributed by atoms with E-state index in [4.69, 9.17) is 5.73 Å².